The first-order valence-electron chi connectivity index (χ1n) is 5.15. The number of nitrogens with zero attached hydrogens (tertiary/aromatic N) is 1. The van der Waals surface area contributed by atoms with Crippen LogP contribution in [0.4, 0.5) is 8.78 Å². The molecule has 0 aromatic heterocycles. The number of carbonyl (C=O) groups excluding carboxylic acids is 1. The van der Waals surface area contributed by atoms with Crippen molar-refractivity contribution in [1.82, 2.24) is 0 Å². The molecule has 0 saturated carbocycles. The van der Waals surface area contributed by atoms with E-state index in [0.29, 0.717) is 10.0 Å². The Kier molecular flexibility index (Phi) is 5.23. The van der Waals surface area contributed by atoms with Crippen molar-refractivity contribution >= 4 is 21.9 Å². The summed E-state index contributed by atoms with van der Waals surface area (Å²) in [6.45, 7) is 1.87. The van der Waals surface area contributed by atoms with Crippen LogP contribution >= 0.6 is 15.9 Å². The van der Waals surface area contributed by atoms with Crippen molar-refractivity contribution in [3.8, 4) is 6.07 Å². The highest BCUT2D eigenvalue weighted by atomic mass is 79.9. The SMILES string of the molecule is CCOC(=O)Cc1cc(C(F)F)cc(C#N)c1Br. The highest BCUT2D eigenvalue weighted by Crippen LogP contribution is 2.29. The molecular weight excluding hydrogens is 308 g/mol. The Morgan fingerprint density at radius 2 is 2.22 bits per heavy atom. The zero-order valence-electron chi connectivity index (χ0n) is 9.54. The molecule has 0 atom stereocenters. The normalized spacial score (nSPS) is 10.2. The first-order valence-corrected chi connectivity index (χ1v) is 5.95. The van der Waals surface area contributed by atoms with Crippen molar-refractivity contribution in [3.05, 3.63) is 33.3 Å². The van der Waals surface area contributed by atoms with Gasteiger partial charge in [0.2, 0.25) is 0 Å². The molecule has 0 aliphatic carbocycles. The van der Waals surface area contributed by atoms with Crippen molar-refractivity contribution in [1.29, 1.82) is 5.26 Å². The average Bonchev–Trinajstić information content (AvgIpc) is 2.31. The number of nitriles is 1. The summed E-state index contributed by atoms with van der Waals surface area (Å²) in [5.41, 5.74) is 0.115. The van der Waals surface area contributed by atoms with E-state index in [4.69, 9.17) is 10.00 Å². The predicted molar refractivity (Wildman–Crippen MR) is 64.2 cm³/mol. The zero-order chi connectivity index (χ0) is 13.7. The summed E-state index contributed by atoms with van der Waals surface area (Å²) in [4.78, 5) is 11.3. The van der Waals surface area contributed by atoms with E-state index in [0.717, 1.165) is 6.07 Å². The number of esters is 1. The maximum Gasteiger partial charge on any atom is 0.310 e. The van der Waals surface area contributed by atoms with Gasteiger partial charge in [0.15, 0.2) is 0 Å². The highest BCUT2D eigenvalue weighted by Gasteiger charge is 2.16. The zero-order valence-corrected chi connectivity index (χ0v) is 11.1. The van der Waals surface area contributed by atoms with Crippen molar-refractivity contribution in [3.63, 3.8) is 0 Å². The van der Waals surface area contributed by atoms with Gasteiger partial charge in [-0.15, -0.1) is 0 Å². The van der Waals surface area contributed by atoms with Crippen LogP contribution in [0.3, 0.4) is 0 Å². The van der Waals surface area contributed by atoms with E-state index in [1.807, 2.05) is 0 Å². The summed E-state index contributed by atoms with van der Waals surface area (Å²) in [7, 11) is 0. The molecule has 0 amide bonds. The molecule has 1 aromatic rings. The fourth-order valence-corrected chi connectivity index (χ4v) is 1.87. The fraction of sp³-hybridized carbons (Fsp3) is 0.333. The molecule has 1 rings (SSSR count). The van der Waals surface area contributed by atoms with Gasteiger partial charge < -0.3 is 4.74 Å². The number of alkyl halides is 2. The van der Waals surface area contributed by atoms with Crippen LogP contribution in [0.15, 0.2) is 16.6 Å². The molecule has 0 fully saturated rings. The van der Waals surface area contributed by atoms with Gasteiger partial charge in [0.25, 0.3) is 6.43 Å². The van der Waals surface area contributed by atoms with Crippen molar-refractivity contribution in [2.75, 3.05) is 6.61 Å². The van der Waals surface area contributed by atoms with E-state index < -0.39 is 12.4 Å². The van der Waals surface area contributed by atoms with Gasteiger partial charge in [-0.2, -0.15) is 5.26 Å². The van der Waals surface area contributed by atoms with Crippen molar-refractivity contribution < 1.29 is 18.3 Å². The predicted octanol–water partition coefficient (Wildman–Crippen LogP) is 3.36. The van der Waals surface area contributed by atoms with Crippen LogP contribution in [0.5, 0.6) is 0 Å². The molecule has 18 heavy (non-hydrogen) atoms. The van der Waals surface area contributed by atoms with E-state index in [1.165, 1.54) is 6.07 Å². The Hall–Kier alpha value is -1.48. The summed E-state index contributed by atoms with van der Waals surface area (Å²) < 4.78 is 30.4. The third-order valence-corrected chi connectivity index (χ3v) is 3.12. The third kappa shape index (κ3) is 3.50. The number of hydrogen-bond acceptors (Lipinski definition) is 3. The molecular formula is C12H10BrF2NO2. The first-order chi connectivity index (χ1) is 8.49. The number of rotatable bonds is 4. The Balaban J connectivity index is 3.14. The Morgan fingerprint density at radius 3 is 2.72 bits per heavy atom. The molecule has 1 aromatic carbocycles. The summed E-state index contributed by atoms with van der Waals surface area (Å²) in [5, 5.41) is 8.85. The molecule has 0 N–H and O–H groups in total. The molecule has 96 valence electrons. The molecule has 3 nitrogen and oxygen atoms in total. The summed E-state index contributed by atoms with van der Waals surface area (Å²) in [6, 6.07) is 4.11. The number of halogens is 3. The van der Waals surface area contributed by atoms with Gasteiger partial charge in [-0.3, -0.25) is 4.79 Å². The first kappa shape index (κ1) is 14.6. The van der Waals surface area contributed by atoms with E-state index >= 15 is 0 Å². The van der Waals surface area contributed by atoms with Gasteiger partial charge >= 0.3 is 5.97 Å². The second kappa shape index (κ2) is 6.45. The number of benzene rings is 1. The van der Waals surface area contributed by atoms with Crippen LogP contribution in [0, 0.1) is 11.3 Å². The van der Waals surface area contributed by atoms with E-state index in [2.05, 4.69) is 15.9 Å². The number of hydrogen-bond donors (Lipinski definition) is 0. The summed E-state index contributed by atoms with van der Waals surface area (Å²) in [6.07, 6.45) is -2.84. The van der Waals surface area contributed by atoms with E-state index in [1.54, 1.807) is 13.0 Å². The number of ether oxygens (including phenoxy) is 1. The van der Waals surface area contributed by atoms with Crippen molar-refractivity contribution in [2.24, 2.45) is 0 Å². The van der Waals surface area contributed by atoms with Crippen LogP contribution in [0.2, 0.25) is 0 Å². The van der Waals surface area contributed by atoms with Crippen LogP contribution in [-0.2, 0) is 16.0 Å². The Bertz CT molecular complexity index is 498. The van der Waals surface area contributed by atoms with Gasteiger partial charge in [-0.05, 0) is 40.5 Å². The lowest BCUT2D eigenvalue weighted by atomic mass is 10.0. The molecule has 0 heterocycles. The molecule has 0 radical (unpaired) electrons. The largest absolute Gasteiger partial charge is 0.466 e. The standard InChI is InChI=1S/C12H10BrF2NO2/c1-2-18-10(17)5-7-3-8(12(14)15)4-9(6-16)11(7)13/h3-4,12H,2,5H2,1H3. The molecule has 0 saturated heterocycles. The van der Waals surface area contributed by atoms with Crippen LogP contribution in [-0.4, -0.2) is 12.6 Å². The Morgan fingerprint density at radius 1 is 1.56 bits per heavy atom. The van der Waals surface area contributed by atoms with E-state index in [9.17, 15) is 13.6 Å². The smallest absolute Gasteiger partial charge is 0.310 e. The molecule has 0 bridgehead atoms. The molecule has 0 unspecified atom stereocenters. The highest BCUT2D eigenvalue weighted by molar-refractivity contribution is 9.10. The van der Waals surface area contributed by atoms with Gasteiger partial charge in [-0.1, -0.05) is 0 Å². The molecule has 0 spiro atoms. The lowest BCUT2D eigenvalue weighted by Crippen LogP contribution is -2.09. The van der Waals surface area contributed by atoms with Gasteiger partial charge in [0, 0.05) is 10.0 Å². The van der Waals surface area contributed by atoms with Gasteiger partial charge in [0.1, 0.15) is 6.07 Å². The monoisotopic (exact) mass is 317 g/mol. The molecule has 0 aliphatic heterocycles. The summed E-state index contributed by atoms with van der Waals surface area (Å²) in [5.74, 6) is -0.520. The maximum absolute atomic E-state index is 12.6. The minimum atomic E-state index is -2.69. The van der Waals surface area contributed by atoms with Gasteiger partial charge in [0.05, 0.1) is 18.6 Å². The van der Waals surface area contributed by atoms with Crippen LogP contribution in [0.1, 0.15) is 30.0 Å². The van der Waals surface area contributed by atoms with Crippen LogP contribution in [0.25, 0.3) is 0 Å². The van der Waals surface area contributed by atoms with Crippen LogP contribution < -0.4 is 0 Å². The topological polar surface area (TPSA) is 50.1 Å². The molecule has 6 heteroatoms. The third-order valence-electron chi connectivity index (χ3n) is 2.18. The Labute approximate surface area is 111 Å². The second-order valence-corrected chi connectivity index (χ2v) is 4.23. The lowest BCUT2D eigenvalue weighted by molar-refractivity contribution is -0.142. The maximum atomic E-state index is 12.6. The number of carbonyl (C=O) groups is 1. The van der Waals surface area contributed by atoms with Crippen molar-refractivity contribution in [2.45, 2.75) is 19.8 Å². The average molecular weight is 318 g/mol. The fourth-order valence-electron chi connectivity index (χ4n) is 1.41. The molecule has 0 aliphatic rings. The van der Waals surface area contributed by atoms with Gasteiger partial charge in [-0.25, -0.2) is 8.78 Å². The minimum Gasteiger partial charge on any atom is -0.466 e. The quantitative estimate of drug-likeness (QED) is 0.800. The van der Waals surface area contributed by atoms with E-state index in [-0.39, 0.29) is 24.2 Å². The summed E-state index contributed by atoms with van der Waals surface area (Å²) >= 11 is 3.13. The lowest BCUT2D eigenvalue weighted by Gasteiger charge is -2.09. The minimum absolute atomic E-state index is 0.0760. The second-order valence-electron chi connectivity index (χ2n) is 3.44.